The maximum absolute atomic E-state index is 13.0. The van der Waals surface area contributed by atoms with E-state index in [1.807, 2.05) is 0 Å². The molecule has 0 bridgehead atoms. The molecule has 0 aromatic heterocycles. The highest BCUT2D eigenvalue weighted by Gasteiger charge is 2.37. The van der Waals surface area contributed by atoms with Gasteiger partial charge in [-0.2, -0.15) is 0 Å². The fraction of sp³-hybridized carbons (Fsp3) is 0.278. The first-order chi connectivity index (χ1) is 13.6. The van der Waals surface area contributed by atoms with Crippen molar-refractivity contribution in [2.75, 3.05) is 21.6 Å². The highest BCUT2D eigenvalue weighted by molar-refractivity contribution is 7.94. The predicted octanol–water partition coefficient (Wildman–Crippen LogP) is 1.90. The number of amides is 1. The van der Waals surface area contributed by atoms with Gasteiger partial charge in [-0.05, 0) is 49.2 Å². The first-order valence-electron chi connectivity index (χ1n) is 8.68. The molecule has 0 aliphatic carbocycles. The van der Waals surface area contributed by atoms with E-state index in [9.17, 15) is 21.6 Å². The van der Waals surface area contributed by atoms with Gasteiger partial charge in [0, 0.05) is 12.5 Å². The van der Waals surface area contributed by atoms with Crippen LogP contribution in [0.25, 0.3) is 0 Å². The average Bonchev–Trinajstić information content (AvgIpc) is 3.16. The summed E-state index contributed by atoms with van der Waals surface area (Å²) in [5.41, 5.74) is 1.09. The summed E-state index contributed by atoms with van der Waals surface area (Å²) in [5, 5.41) is 0. The molecule has 0 unspecified atom stereocenters. The molecule has 2 aliphatic rings. The average molecular weight is 438 g/mol. The van der Waals surface area contributed by atoms with Crippen LogP contribution in [0.15, 0.2) is 35.2 Å². The molecule has 2 aromatic rings. The van der Waals surface area contributed by atoms with Crippen LogP contribution in [-0.2, 0) is 24.8 Å². The topological polar surface area (TPSA) is 119 Å². The van der Waals surface area contributed by atoms with Crippen molar-refractivity contribution in [1.82, 2.24) is 0 Å². The molecular formula is C18H18N2O7S2. The number of fused-ring (bicyclic) bond motifs is 1. The number of aryl methyl sites for hydroxylation is 2. The van der Waals surface area contributed by atoms with Crippen molar-refractivity contribution in [3.63, 3.8) is 0 Å². The fourth-order valence-electron chi connectivity index (χ4n) is 3.50. The summed E-state index contributed by atoms with van der Waals surface area (Å²) in [6.45, 7) is 3.18. The summed E-state index contributed by atoms with van der Waals surface area (Å²) in [6, 6.07) is 7.46. The van der Waals surface area contributed by atoms with Gasteiger partial charge in [0.25, 0.3) is 10.0 Å². The molecule has 2 aromatic carbocycles. The van der Waals surface area contributed by atoms with Gasteiger partial charge in [-0.3, -0.25) is 9.52 Å². The zero-order valence-corrected chi connectivity index (χ0v) is 17.3. The van der Waals surface area contributed by atoms with Crippen LogP contribution >= 0.6 is 0 Å². The molecule has 2 aliphatic heterocycles. The standard InChI is InChI=1S/C18H18N2O7S2/c1-11-7-14(20-17(21)5-6-28(20,22)23)8-12(2)18(11)29(24,25)19-13-3-4-15-16(9-13)27-10-26-15/h3-4,7-9,19H,5-6,10H2,1-2H3. The van der Waals surface area contributed by atoms with E-state index < -0.39 is 26.0 Å². The van der Waals surface area contributed by atoms with Crippen molar-refractivity contribution >= 4 is 37.3 Å². The van der Waals surface area contributed by atoms with E-state index in [-0.39, 0.29) is 29.5 Å². The second-order valence-corrected chi connectivity index (χ2v) is 10.4. The Balaban J connectivity index is 1.70. The number of hydrogen-bond acceptors (Lipinski definition) is 7. The SMILES string of the molecule is Cc1cc(N2C(=O)CCS2(=O)=O)cc(C)c1S(=O)(=O)Nc1ccc2c(c1)OCO2. The van der Waals surface area contributed by atoms with Crippen molar-refractivity contribution < 1.29 is 31.1 Å². The van der Waals surface area contributed by atoms with Crippen molar-refractivity contribution in [2.24, 2.45) is 0 Å². The smallest absolute Gasteiger partial charge is 0.262 e. The third-order valence-electron chi connectivity index (χ3n) is 4.65. The lowest BCUT2D eigenvalue weighted by atomic mass is 10.1. The summed E-state index contributed by atoms with van der Waals surface area (Å²) in [7, 11) is -7.71. The van der Waals surface area contributed by atoms with Crippen molar-refractivity contribution in [1.29, 1.82) is 0 Å². The number of benzene rings is 2. The van der Waals surface area contributed by atoms with Crippen LogP contribution in [0.4, 0.5) is 11.4 Å². The zero-order valence-electron chi connectivity index (χ0n) is 15.6. The highest BCUT2D eigenvalue weighted by Crippen LogP contribution is 2.36. The molecule has 11 heteroatoms. The third-order valence-corrected chi connectivity index (χ3v) is 8.03. The number of sulfonamides is 2. The minimum Gasteiger partial charge on any atom is -0.454 e. The molecular weight excluding hydrogens is 420 g/mol. The van der Waals surface area contributed by atoms with Gasteiger partial charge < -0.3 is 9.47 Å². The van der Waals surface area contributed by atoms with E-state index in [0.29, 0.717) is 28.3 Å². The van der Waals surface area contributed by atoms with Crippen LogP contribution in [0.1, 0.15) is 17.5 Å². The molecule has 154 valence electrons. The van der Waals surface area contributed by atoms with Crippen LogP contribution in [0, 0.1) is 13.8 Å². The number of carbonyl (C=O) groups is 1. The van der Waals surface area contributed by atoms with Gasteiger partial charge in [-0.1, -0.05) is 0 Å². The normalized spacial score (nSPS) is 17.6. The Morgan fingerprint density at radius 3 is 2.31 bits per heavy atom. The van der Waals surface area contributed by atoms with E-state index in [2.05, 4.69) is 4.72 Å². The summed E-state index contributed by atoms with van der Waals surface area (Å²) in [4.78, 5) is 12.0. The van der Waals surface area contributed by atoms with Crippen LogP contribution < -0.4 is 18.5 Å². The van der Waals surface area contributed by atoms with Crippen LogP contribution in [0.2, 0.25) is 0 Å². The summed E-state index contributed by atoms with van der Waals surface area (Å²) in [5.74, 6) is 0.182. The number of carbonyl (C=O) groups excluding carboxylic acids is 1. The predicted molar refractivity (Wildman–Crippen MR) is 105 cm³/mol. The maximum Gasteiger partial charge on any atom is 0.262 e. The molecule has 0 spiro atoms. The second-order valence-electron chi connectivity index (χ2n) is 6.81. The molecule has 0 saturated carbocycles. The number of hydrogen-bond donors (Lipinski definition) is 1. The lowest BCUT2D eigenvalue weighted by Crippen LogP contribution is -2.29. The van der Waals surface area contributed by atoms with E-state index in [0.717, 1.165) is 4.31 Å². The van der Waals surface area contributed by atoms with E-state index >= 15 is 0 Å². The first-order valence-corrected chi connectivity index (χ1v) is 11.8. The minimum atomic E-state index is -3.97. The van der Waals surface area contributed by atoms with E-state index in [1.165, 1.54) is 18.2 Å². The molecule has 0 atom stereocenters. The highest BCUT2D eigenvalue weighted by atomic mass is 32.2. The fourth-order valence-corrected chi connectivity index (χ4v) is 6.45. The van der Waals surface area contributed by atoms with E-state index in [4.69, 9.17) is 9.47 Å². The molecule has 1 amide bonds. The molecule has 29 heavy (non-hydrogen) atoms. The molecule has 0 radical (unpaired) electrons. The largest absolute Gasteiger partial charge is 0.454 e. The molecule has 1 N–H and O–H groups in total. The first kappa shape index (κ1) is 19.5. The van der Waals surface area contributed by atoms with Crippen LogP contribution in [0.5, 0.6) is 11.5 Å². The van der Waals surface area contributed by atoms with Crippen molar-refractivity contribution in [2.45, 2.75) is 25.2 Å². The maximum atomic E-state index is 13.0. The summed E-state index contributed by atoms with van der Waals surface area (Å²) >= 11 is 0. The Morgan fingerprint density at radius 1 is 1.03 bits per heavy atom. The number of anilines is 2. The molecule has 2 heterocycles. The number of nitrogens with zero attached hydrogens (tertiary/aromatic N) is 1. The van der Waals surface area contributed by atoms with Gasteiger partial charge in [0.05, 0.1) is 22.0 Å². The molecule has 1 fully saturated rings. The monoisotopic (exact) mass is 438 g/mol. The Bertz CT molecular complexity index is 1210. The Kier molecular flexibility index (Phi) is 4.46. The van der Waals surface area contributed by atoms with Gasteiger partial charge in [-0.25, -0.2) is 21.1 Å². The van der Waals surface area contributed by atoms with Gasteiger partial charge in [-0.15, -0.1) is 0 Å². The quantitative estimate of drug-likeness (QED) is 0.774. The number of rotatable bonds is 4. The van der Waals surface area contributed by atoms with Crippen LogP contribution in [-0.4, -0.2) is 35.3 Å². The van der Waals surface area contributed by atoms with Gasteiger partial charge in [0.15, 0.2) is 11.5 Å². The second kappa shape index (κ2) is 6.63. The minimum absolute atomic E-state index is 0.0166. The van der Waals surface area contributed by atoms with Gasteiger partial charge >= 0.3 is 0 Å². The Hall–Kier alpha value is -2.79. The zero-order chi connectivity index (χ0) is 21.0. The van der Waals surface area contributed by atoms with E-state index in [1.54, 1.807) is 26.0 Å². The van der Waals surface area contributed by atoms with Crippen molar-refractivity contribution in [3.8, 4) is 11.5 Å². The molecule has 1 saturated heterocycles. The summed E-state index contributed by atoms with van der Waals surface area (Å²) in [6.07, 6.45) is -0.0911. The lowest BCUT2D eigenvalue weighted by Gasteiger charge is -2.19. The summed E-state index contributed by atoms with van der Waals surface area (Å²) < 4.78 is 64.0. The lowest BCUT2D eigenvalue weighted by molar-refractivity contribution is -0.116. The third kappa shape index (κ3) is 3.40. The Morgan fingerprint density at radius 2 is 1.69 bits per heavy atom. The Labute approximate surface area is 168 Å². The van der Waals surface area contributed by atoms with Gasteiger partial charge in [0.2, 0.25) is 22.7 Å². The van der Waals surface area contributed by atoms with Gasteiger partial charge in [0.1, 0.15) is 0 Å². The van der Waals surface area contributed by atoms with Crippen molar-refractivity contribution in [3.05, 3.63) is 41.5 Å². The molecule has 4 rings (SSSR count). The van der Waals surface area contributed by atoms with Crippen LogP contribution in [0.3, 0.4) is 0 Å². The number of nitrogens with one attached hydrogen (secondary N) is 1. The number of ether oxygens (including phenoxy) is 2. The molecule has 9 nitrogen and oxygen atoms in total.